The van der Waals surface area contributed by atoms with Gasteiger partial charge in [0.05, 0.1) is 5.69 Å². The van der Waals surface area contributed by atoms with Gasteiger partial charge in [0, 0.05) is 19.8 Å². The number of rotatable bonds is 5. The highest BCUT2D eigenvalue weighted by Gasteiger charge is 2.21. The minimum atomic E-state index is -3.54. The predicted molar refractivity (Wildman–Crippen MR) is 73.0 cm³/mol. The molecule has 1 fully saturated rings. The van der Waals surface area contributed by atoms with Gasteiger partial charge in [-0.3, -0.25) is 5.84 Å². The summed E-state index contributed by atoms with van der Waals surface area (Å²) in [6.45, 7) is 1.84. The largest absolute Gasteiger partial charge is 0.381 e. The average Bonchev–Trinajstić information content (AvgIpc) is 2.46. The average molecular weight is 285 g/mol. The Hall–Kier alpha value is -1.15. The molecule has 6 nitrogen and oxygen atoms in total. The van der Waals surface area contributed by atoms with Crippen molar-refractivity contribution >= 4 is 15.7 Å². The van der Waals surface area contributed by atoms with Gasteiger partial charge in [0.15, 0.2) is 0 Å². The molecule has 1 aliphatic rings. The van der Waals surface area contributed by atoms with E-state index >= 15 is 0 Å². The molecule has 0 amide bonds. The third kappa shape index (κ3) is 3.66. The molecule has 2 rings (SSSR count). The van der Waals surface area contributed by atoms with E-state index in [0.29, 0.717) is 31.4 Å². The zero-order valence-electron chi connectivity index (χ0n) is 10.6. The van der Waals surface area contributed by atoms with Gasteiger partial charge < -0.3 is 10.2 Å². The van der Waals surface area contributed by atoms with Crippen molar-refractivity contribution in [2.24, 2.45) is 11.8 Å². The molecule has 0 aromatic heterocycles. The van der Waals surface area contributed by atoms with Crippen molar-refractivity contribution in [2.75, 3.05) is 25.2 Å². The van der Waals surface area contributed by atoms with Gasteiger partial charge in [-0.2, -0.15) is 0 Å². The number of ether oxygens (including phenoxy) is 1. The number of benzene rings is 1. The number of hydrogen-bond donors (Lipinski definition) is 3. The Morgan fingerprint density at radius 3 is 2.63 bits per heavy atom. The molecule has 1 aliphatic heterocycles. The maximum atomic E-state index is 12.2. The molecule has 1 aromatic rings. The van der Waals surface area contributed by atoms with E-state index in [1.807, 2.05) is 0 Å². The summed E-state index contributed by atoms with van der Waals surface area (Å²) in [5.74, 6) is 5.66. The molecule has 0 bridgehead atoms. The van der Waals surface area contributed by atoms with Crippen LogP contribution in [0.25, 0.3) is 0 Å². The van der Waals surface area contributed by atoms with E-state index in [1.54, 1.807) is 18.2 Å². The first-order valence-electron chi connectivity index (χ1n) is 6.26. The number of para-hydroxylation sites is 1. The molecular weight excluding hydrogens is 266 g/mol. The zero-order chi connectivity index (χ0) is 13.7. The third-order valence-corrected chi connectivity index (χ3v) is 4.72. The summed E-state index contributed by atoms with van der Waals surface area (Å²) in [5, 5.41) is 0. The summed E-state index contributed by atoms with van der Waals surface area (Å²) in [4.78, 5) is 0.171. The van der Waals surface area contributed by atoms with Crippen LogP contribution in [0.5, 0.6) is 0 Å². The summed E-state index contributed by atoms with van der Waals surface area (Å²) in [6, 6.07) is 6.56. The molecule has 4 N–H and O–H groups in total. The number of nitrogen functional groups attached to an aromatic ring is 1. The first-order valence-corrected chi connectivity index (χ1v) is 7.75. The van der Waals surface area contributed by atoms with Gasteiger partial charge in [0.2, 0.25) is 10.0 Å². The Balaban J connectivity index is 2.05. The Morgan fingerprint density at radius 1 is 1.26 bits per heavy atom. The highest BCUT2D eigenvalue weighted by atomic mass is 32.2. The quantitative estimate of drug-likeness (QED) is 0.546. The van der Waals surface area contributed by atoms with Crippen LogP contribution >= 0.6 is 0 Å². The molecule has 0 aliphatic carbocycles. The second kappa shape index (κ2) is 6.33. The van der Waals surface area contributed by atoms with Gasteiger partial charge in [-0.1, -0.05) is 12.1 Å². The van der Waals surface area contributed by atoms with Gasteiger partial charge in [-0.25, -0.2) is 13.1 Å². The van der Waals surface area contributed by atoms with Crippen molar-refractivity contribution in [3.8, 4) is 0 Å². The molecule has 1 saturated heterocycles. The van der Waals surface area contributed by atoms with Crippen LogP contribution in [0.1, 0.15) is 12.8 Å². The van der Waals surface area contributed by atoms with Crippen molar-refractivity contribution in [1.82, 2.24) is 4.72 Å². The lowest BCUT2D eigenvalue weighted by atomic mass is 10.0. The minimum Gasteiger partial charge on any atom is -0.381 e. The van der Waals surface area contributed by atoms with Crippen LogP contribution in [0.15, 0.2) is 29.2 Å². The zero-order valence-corrected chi connectivity index (χ0v) is 11.4. The minimum absolute atomic E-state index is 0.171. The Bertz CT molecular complexity index is 513. The SMILES string of the molecule is NNc1ccccc1S(=O)(=O)NCC1CCOCC1. The second-order valence-corrected chi connectivity index (χ2v) is 6.28. The number of anilines is 1. The molecule has 0 atom stereocenters. The monoisotopic (exact) mass is 285 g/mol. The summed E-state index contributed by atoms with van der Waals surface area (Å²) < 4.78 is 32.3. The predicted octanol–water partition coefficient (Wildman–Crippen LogP) is 0.677. The van der Waals surface area contributed by atoms with Crippen molar-refractivity contribution in [3.63, 3.8) is 0 Å². The molecule has 0 saturated carbocycles. The third-order valence-electron chi connectivity index (χ3n) is 3.23. The van der Waals surface area contributed by atoms with E-state index in [2.05, 4.69) is 10.1 Å². The highest BCUT2D eigenvalue weighted by molar-refractivity contribution is 7.89. The van der Waals surface area contributed by atoms with E-state index in [-0.39, 0.29) is 4.90 Å². The van der Waals surface area contributed by atoms with Gasteiger partial charge >= 0.3 is 0 Å². The molecule has 0 radical (unpaired) electrons. The molecule has 1 heterocycles. The van der Waals surface area contributed by atoms with Crippen LogP contribution < -0.4 is 16.0 Å². The number of hydrazine groups is 1. The molecule has 1 aromatic carbocycles. The first-order chi connectivity index (χ1) is 9.13. The summed E-state index contributed by atoms with van der Waals surface area (Å²) in [6.07, 6.45) is 1.78. The van der Waals surface area contributed by atoms with Gasteiger partial charge in [0.1, 0.15) is 4.90 Å². The topological polar surface area (TPSA) is 93.5 Å². The number of nitrogens with one attached hydrogen (secondary N) is 2. The molecular formula is C12H19N3O3S. The van der Waals surface area contributed by atoms with Gasteiger partial charge in [0.25, 0.3) is 0 Å². The van der Waals surface area contributed by atoms with Crippen LogP contribution in [0, 0.1) is 5.92 Å². The summed E-state index contributed by atoms with van der Waals surface area (Å²) in [7, 11) is -3.54. The lowest BCUT2D eigenvalue weighted by molar-refractivity contribution is 0.0678. The fourth-order valence-electron chi connectivity index (χ4n) is 2.08. The fraction of sp³-hybridized carbons (Fsp3) is 0.500. The van der Waals surface area contributed by atoms with Crippen molar-refractivity contribution in [3.05, 3.63) is 24.3 Å². The molecule has 19 heavy (non-hydrogen) atoms. The van der Waals surface area contributed by atoms with E-state index < -0.39 is 10.0 Å². The van der Waals surface area contributed by atoms with Crippen molar-refractivity contribution < 1.29 is 13.2 Å². The van der Waals surface area contributed by atoms with Crippen molar-refractivity contribution in [1.29, 1.82) is 0 Å². The number of nitrogens with two attached hydrogens (primary N) is 1. The Labute approximate surface area is 113 Å². The van der Waals surface area contributed by atoms with E-state index in [4.69, 9.17) is 10.6 Å². The summed E-state index contributed by atoms with van der Waals surface area (Å²) >= 11 is 0. The van der Waals surface area contributed by atoms with Crippen LogP contribution in [-0.4, -0.2) is 28.2 Å². The molecule has 0 spiro atoms. The standard InChI is InChI=1S/C12H19N3O3S/c13-15-11-3-1-2-4-12(11)19(16,17)14-9-10-5-7-18-8-6-10/h1-4,10,14-15H,5-9,13H2. The van der Waals surface area contributed by atoms with Crippen LogP contribution in [0.2, 0.25) is 0 Å². The van der Waals surface area contributed by atoms with Gasteiger partial charge in [-0.15, -0.1) is 0 Å². The first kappa shape index (κ1) is 14.3. The van der Waals surface area contributed by atoms with Crippen LogP contribution in [0.3, 0.4) is 0 Å². The van der Waals surface area contributed by atoms with Gasteiger partial charge in [-0.05, 0) is 30.9 Å². The van der Waals surface area contributed by atoms with E-state index in [0.717, 1.165) is 12.8 Å². The van der Waals surface area contributed by atoms with E-state index in [9.17, 15) is 8.42 Å². The Morgan fingerprint density at radius 2 is 1.95 bits per heavy atom. The smallest absolute Gasteiger partial charge is 0.242 e. The summed E-state index contributed by atoms with van der Waals surface area (Å²) in [5.41, 5.74) is 2.79. The van der Waals surface area contributed by atoms with Crippen LogP contribution in [0.4, 0.5) is 5.69 Å². The second-order valence-electron chi connectivity index (χ2n) is 4.55. The Kier molecular flexibility index (Phi) is 4.76. The lowest BCUT2D eigenvalue weighted by Gasteiger charge is -2.22. The number of sulfonamides is 1. The molecule has 0 unspecified atom stereocenters. The highest BCUT2D eigenvalue weighted by Crippen LogP contribution is 2.20. The van der Waals surface area contributed by atoms with Crippen molar-refractivity contribution in [2.45, 2.75) is 17.7 Å². The fourth-order valence-corrected chi connectivity index (χ4v) is 3.36. The molecule has 106 valence electrons. The maximum Gasteiger partial charge on any atom is 0.242 e. The normalized spacial score (nSPS) is 17.3. The molecule has 7 heteroatoms. The van der Waals surface area contributed by atoms with E-state index in [1.165, 1.54) is 6.07 Å². The maximum absolute atomic E-state index is 12.2. The lowest BCUT2D eigenvalue weighted by Crippen LogP contribution is -2.32. The number of hydrogen-bond acceptors (Lipinski definition) is 5. The van der Waals surface area contributed by atoms with Crippen LogP contribution in [-0.2, 0) is 14.8 Å².